The number of carboxylic acid groups (broad SMARTS) is 1. The van der Waals surface area contributed by atoms with Gasteiger partial charge in [-0.1, -0.05) is 0 Å². The van der Waals surface area contributed by atoms with Gasteiger partial charge in [0.2, 0.25) is 5.91 Å². The maximum Gasteiger partial charge on any atom is 0.346 e. The second kappa shape index (κ2) is 5.49. The number of rotatable bonds is 6. The van der Waals surface area contributed by atoms with Crippen molar-refractivity contribution >= 4 is 23.2 Å². The summed E-state index contributed by atoms with van der Waals surface area (Å²) < 4.78 is 0. The number of carboxylic acids is 1. The van der Waals surface area contributed by atoms with Crippen LogP contribution < -0.4 is 10.6 Å². The molecule has 1 atom stereocenters. The van der Waals surface area contributed by atoms with Crippen LogP contribution in [0.3, 0.4) is 0 Å². The molecule has 6 heteroatoms. The number of hydrogen-bond donors (Lipinski definition) is 3. The molecule has 0 aromatic carbocycles. The largest absolute Gasteiger partial charge is 0.477 e. The van der Waals surface area contributed by atoms with E-state index in [-0.39, 0.29) is 11.9 Å². The minimum Gasteiger partial charge on any atom is -0.477 e. The molecule has 1 saturated carbocycles. The molecule has 2 rings (SSSR count). The van der Waals surface area contributed by atoms with Crippen molar-refractivity contribution in [2.24, 2.45) is 0 Å². The van der Waals surface area contributed by atoms with Crippen molar-refractivity contribution in [3.63, 3.8) is 0 Å². The summed E-state index contributed by atoms with van der Waals surface area (Å²) in [5.74, 6) is -0.943. The van der Waals surface area contributed by atoms with Crippen molar-refractivity contribution in [1.82, 2.24) is 10.6 Å². The Morgan fingerprint density at radius 2 is 2.28 bits per heavy atom. The highest BCUT2D eigenvalue weighted by molar-refractivity contribution is 7.12. The molecule has 1 fully saturated rings. The van der Waals surface area contributed by atoms with E-state index in [9.17, 15) is 9.59 Å². The van der Waals surface area contributed by atoms with E-state index in [1.807, 2.05) is 0 Å². The van der Waals surface area contributed by atoms with E-state index in [2.05, 4.69) is 10.6 Å². The van der Waals surface area contributed by atoms with E-state index in [4.69, 9.17) is 5.11 Å². The van der Waals surface area contributed by atoms with Gasteiger partial charge in [-0.25, -0.2) is 4.79 Å². The summed E-state index contributed by atoms with van der Waals surface area (Å²) in [5, 5.41) is 16.7. The summed E-state index contributed by atoms with van der Waals surface area (Å²) in [5.41, 5.74) is 0.721. The number of amides is 1. The standard InChI is InChI=1S/C12H16N2O3S/c1-7(11(15)14-9-2-3-9)13-6-8-4-5-18-10(8)12(16)17/h4-5,7,9,13H,2-3,6H2,1H3,(H,14,15)(H,16,17). The van der Waals surface area contributed by atoms with Crippen molar-refractivity contribution in [1.29, 1.82) is 0 Å². The predicted octanol–water partition coefficient (Wildman–Crippen LogP) is 1.20. The third-order valence-corrected chi connectivity index (χ3v) is 3.80. The normalized spacial score (nSPS) is 16.3. The highest BCUT2D eigenvalue weighted by Crippen LogP contribution is 2.19. The van der Waals surface area contributed by atoms with Crippen molar-refractivity contribution in [2.45, 2.75) is 38.4 Å². The number of carbonyl (C=O) groups is 2. The Morgan fingerprint density at radius 3 is 2.89 bits per heavy atom. The summed E-state index contributed by atoms with van der Waals surface area (Å²) in [6.07, 6.45) is 2.12. The van der Waals surface area contributed by atoms with Gasteiger partial charge >= 0.3 is 5.97 Å². The minimum atomic E-state index is -0.920. The van der Waals surface area contributed by atoms with E-state index >= 15 is 0 Å². The molecule has 0 bridgehead atoms. The molecule has 1 aromatic heterocycles. The van der Waals surface area contributed by atoms with Crippen molar-refractivity contribution in [2.75, 3.05) is 0 Å². The molecule has 1 heterocycles. The van der Waals surface area contributed by atoms with Crippen LogP contribution in [0.5, 0.6) is 0 Å². The fourth-order valence-electron chi connectivity index (χ4n) is 1.57. The third-order valence-electron chi connectivity index (χ3n) is 2.86. The van der Waals surface area contributed by atoms with Gasteiger partial charge in [0, 0.05) is 12.6 Å². The molecule has 3 N–H and O–H groups in total. The first kappa shape index (κ1) is 13.0. The van der Waals surface area contributed by atoms with Gasteiger partial charge < -0.3 is 15.7 Å². The lowest BCUT2D eigenvalue weighted by Gasteiger charge is -2.13. The molecule has 1 aromatic rings. The fourth-order valence-corrected chi connectivity index (χ4v) is 2.33. The average molecular weight is 268 g/mol. The number of carbonyl (C=O) groups excluding carboxylic acids is 1. The van der Waals surface area contributed by atoms with Gasteiger partial charge in [0.05, 0.1) is 6.04 Å². The number of thiophene rings is 1. The van der Waals surface area contributed by atoms with Gasteiger partial charge in [-0.3, -0.25) is 4.79 Å². The van der Waals surface area contributed by atoms with Crippen molar-refractivity contribution in [3.05, 3.63) is 21.9 Å². The van der Waals surface area contributed by atoms with Crippen LogP contribution in [0.2, 0.25) is 0 Å². The molecule has 1 aliphatic rings. The van der Waals surface area contributed by atoms with E-state index in [1.165, 1.54) is 11.3 Å². The van der Waals surface area contributed by atoms with E-state index in [0.717, 1.165) is 18.4 Å². The molecular weight excluding hydrogens is 252 g/mol. The summed E-state index contributed by atoms with van der Waals surface area (Å²) >= 11 is 1.20. The summed E-state index contributed by atoms with van der Waals surface area (Å²) in [7, 11) is 0. The third kappa shape index (κ3) is 3.30. The van der Waals surface area contributed by atoms with E-state index in [1.54, 1.807) is 18.4 Å². The van der Waals surface area contributed by atoms with Gasteiger partial charge in [0.15, 0.2) is 0 Å². The smallest absolute Gasteiger partial charge is 0.346 e. The average Bonchev–Trinajstić information content (AvgIpc) is 3.00. The Labute approximate surface area is 109 Å². The van der Waals surface area contributed by atoms with Crippen LogP contribution in [0.15, 0.2) is 11.4 Å². The van der Waals surface area contributed by atoms with Crippen LogP contribution in [0.25, 0.3) is 0 Å². The Hall–Kier alpha value is -1.40. The highest BCUT2D eigenvalue weighted by atomic mass is 32.1. The molecule has 1 unspecified atom stereocenters. The van der Waals surface area contributed by atoms with E-state index < -0.39 is 5.97 Å². The van der Waals surface area contributed by atoms with E-state index in [0.29, 0.717) is 17.5 Å². The van der Waals surface area contributed by atoms with Gasteiger partial charge in [-0.15, -0.1) is 11.3 Å². The van der Waals surface area contributed by atoms with Gasteiger partial charge in [0.25, 0.3) is 0 Å². The second-order valence-corrected chi connectivity index (χ2v) is 5.38. The van der Waals surface area contributed by atoms with Crippen LogP contribution in [-0.4, -0.2) is 29.1 Å². The Morgan fingerprint density at radius 1 is 1.56 bits per heavy atom. The summed E-state index contributed by atoms with van der Waals surface area (Å²) in [6, 6.07) is 1.80. The lowest BCUT2D eigenvalue weighted by molar-refractivity contribution is -0.122. The first-order chi connectivity index (χ1) is 8.58. The van der Waals surface area contributed by atoms with Gasteiger partial charge in [-0.05, 0) is 36.8 Å². The number of aromatic carboxylic acids is 1. The first-order valence-corrected chi connectivity index (χ1v) is 6.79. The maximum atomic E-state index is 11.7. The number of hydrogen-bond acceptors (Lipinski definition) is 4. The molecule has 0 saturated heterocycles. The predicted molar refractivity (Wildman–Crippen MR) is 68.7 cm³/mol. The lowest BCUT2D eigenvalue weighted by atomic mass is 10.2. The first-order valence-electron chi connectivity index (χ1n) is 5.91. The Balaban J connectivity index is 1.84. The van der Waals surface area contributed by atoms with Crippen LogP contribution in [0.4, 0.5) is 0 Å². The molecule has 98 valence electrons. The number of nitrogens with one attached hydrogen (secondary N) is 2. The zero-order valence-electron chi connectivity index (χ0n) is 10.1. The highest BCUT2D eigenvalue weighted by Gasteiger charge is 2.25. The molecular formula is C12H16N2O3S. The fraction of sp³-hybridized carbons (Fsp3) is 0.500. The van der Waals surface area contributed by atoms with Crippen molar-refractivity contribution < 1.29 is 14.7 Å². The van der Waals surface area contributed by atoms with Crippen molar-refractivity contribution in [3.8, 4) is 0 Å². The maximum absolute atomic E-state index is 11.7. The van der Waals surface area contributed by atoms with Crippen LogP contribution in [0.1, 0.15) is 35.0 Å². The summed E-state index contributed by atoms with van der Waals surface area (Å²) in [4.78, 5) is 22.9. The zero-order valence-corrected chi connectivity index (χ0v) is 10.9. The monoisotopic (exact) mass is 268 g/mol. The molecule has 5 nitrogen and oxygen atoms in total. The molecule has 0 radical (unpaired) electrons. The van der Waals surface area contributed by atoms with Crippen LogP contribution in [-0.2, 0) is 11.3 Å². The van der Waals surface area contributed by atoms with Gasteiger partial charge in [-0.2, -0.15) is 0 Å². The molecule has 18 heavy (non-hydrogen) atoms. The zero-order chi connectivity index (χ0) is 13.1. The quantitative estimate of drug-likeness (QED) is 0.724. The minimum absolute atomic E-state index is 0.0235. The van der Waals surface area contributed by atoms with Gasteiger partial charge in [0.1, 0.15) is 4.88 Å². The Kier molecular flexibility index (Phi) is 3.98. The molecule has 1 aliphatic carbocycles. The molecule has 1 amide bonds. The second-order valence-electron chi connectivity index (χ2n) is 4.47. The SMILES string of the molecule is CC(NCc1ccsc1C(=O)O)C(=O)NC1CC1. The van der Waals surface area contributed by atoms with Crippen LogP contribution >= 0.6 is 11.3 Å². The summed E-state index contributed by atoms with van der Waals surface area (Å²) in [6.45, 7) is 2.18. The van der Waals surface area contributed by atoms with Crippen LogP contribution in [0, 0.1) is 0 Å². The molecule has 0 spiro atoms. The lowest BCUT2D eigenvalue weighted by Crippen LogP contribution is -2.42. The topological polar surface area (TPSA) is 78.4 Å². The molecule has 0 aliphatic heterocycles. The Bertz CT molecular complexity index is 454.